The summed E-state index contributed by atoms with van der Waals surface area (Å²) in [4.78, 5) is 0. The Morgan fingerprint density at radius 1 is 1.29 bits per heavy atom. The molecule has 0 heterocycles. The molecule has 0 aliphatic heterocycles. The zero-order chi connectivity index (χ0) is 15.3. The van der Waals surface area contributed by atoms with Crippen LogP contribution in [0.5, 0.6) is 0 Å². The van der Waals surface area contributed by atoms with Crippen molar-refractivity contribution in [1.82, 2.24) is 5.32 Å². The Balaban J connectivity index is 1.94. The quantitative estimate of drug-likeness (QED) is 0.716. The van der Waals surface area contributed by atoms with Crippen molar-refractivity contribution in [2.24, 2.45) is 5.41 Å². The molecule has 1 aromatic rings. The summed E-state index contributed by atoms with van der Waals surface area (Å²) in [6.45, 7) is 8.67. The Morgan fingerprint density at radius 3 is 2.67 bits per heavy atom. The average Bonchev–Trinajstić information content (AvgIpc) is 2.47. The lowest BCUT2D eigenvalue weighted by Gasteiger charge is -2.55. The summed E-state index contributed by atoms with van der Waals surface area (Å²) >= 11 is 3.52. The van der Waals surface area contributed by atoms with Gasteiger partial charge in [-0.3, -0.25) is 0 Å². The van der Waals surface area contributed by atoms with E-state index in [1.165, 1.54) is 24.8 Å². The molecule has 21 heavy (non-hydrogen) atoms. The molecule has 1 aliphatic rings. The first-order valence-electron chi connectivity index (χ1n) is 8.25. The van der Waals surface area contributed by atoms with Gasteiger partial charge in [-0.2, -0.15) is 0 Å². The summed E-state index contributed by atoms with van der Waals surface area (Å²) in [5.41, 5.74) is 1.57. The lowest BCUT2D eigenvalue weighted by atomic mass is 9.58. The summed E-state index contributed by atoms with van der Waals surface area (Å²) in [5, 5.41) is 3.71. The molecule has 3 heteroatoms. The van der Waals surface area contributed by atoms with Gasteiger partial charge in [0, 0.05) is 15.9 Å². The molecular formula is C18H28BrNO. The summed E-state index contributed by atoms with van der Waals surface area (Å²) in [6, 6.07) is 9.03. The fourth-order valence-corrected chi connectivity index (χ4v) is 4.05. The molecule has 0 saturated heterocycles. The third kappa shape index (κ3) is 3.69. The minimum absolute atomic E-state index is 0.321. The number of hydrogen-bond acceptors (Lipinski definition) is 2. The zero-order valence-electron chi connectivity index (χ0n) is 13.5. The van der Waals surface area contributed by atoms with Crippen LogP contribution in [0.2, 0.25) is 0 Å². The van der Waals surface area contributed by atoms with Crippen LogP contribution in [0.15, 0.2) is 28.7 Å². The monoisotopic (exact) mass is 353 g/mol. The minimum Gasteiger partial charge on any atom is -0.373 e. The first kappa shape index (κ1) is 17.0. The second kappa shape index (κ2) is 7.75. The highest BCUT2D eigenvalue weighted by atomic mass is 79.9. The third-order valence-corrected chi connectivity index (χ3v) is 5.58. The van der Waals surface area contributed by atoms with Gasteiger partial charge in [0.05, 0.1) is 12.7 Å². The van der Waals surface area contributed by atoms with Crippen LogP contribution in [0.1, 0.15) is 52.0 Å². The van der Waals surface area contributed by atoms with Gasteiger partial charge in [0.15, 0.2) is 0 Å². The van der Waals surface area contributed by atoms with Crippen LogP contribution in [0.25, 0.3) is 0 Å². The van der Waals surface area contributed by atoms with Crippen molar-refractivity contribution >= 4 is 15.9 Å². The van der Waals surface area contributed by atoms with Gasteiger partial charge in [0.1, 0.15) is 0 Å². The molecule has 1 aromatic carbocycles. The summed E-state index contributed by atoms with van der Waals surface area (Å²) in [5.74, 6) is 0. The van der Waals surface area contributed by atoms with Crippen molar-refractivity contribution in [1.29, 1.82) is 0 Å². The van der Waals surface area contributed by atoms with E-state index in [1.54, 1.807) is 0 Å². The molecule has 0 amide bonds. The van der Waals surface area contributed by atoms with E-state index in [-0.39, 0.29) is 0 Å². The zero-order valence-corrected chi connectivity index (χ0v) is 15.1. The first-order chi connectivity index (χ1) is 10.2. The molecule has 2 unspecified atom stereocenters. The second-order valence-electron chi connectivity index (χ2n) is 6.11. The number of hydrogen-bond donors (Lipinski definition) is 1. The third-order valence-electron chi connectivity index (χ3n) is 5.08. The first-order valence-corrected chi connectivity index (χ1v) is 9.05. The van der Waals surface area contributed by atoms with E-state index in [1.807, 2.05) is 0 Å². The number of halogens is 1. The molecule has 118 valence electrons. The number of ether oxygens (including phenoxy) is 1. The Labute approximate surface area is 137 Å². The lowest BCUT2D eigenvalue weighted by Crippen LogP contribution is -2.63. The second-order valence-corrected chi connectivity index (χ2v) is 7.03. The van der Waals surface area contributed by atoms with Crippen LogP contribution in [-0.2, 0) is 11.3 Å². The maximum Gasteiger partial charge on any atom is 0.0721 e. The molecule has 2 rings (SSSR count). The predicted octanol–water partition coefficient (Wildman–Crippen LogP) is 4.91. The minimum atomic E-state index is 0.321. The fourth-order valence-electron chi connectivity index (χ4n) is 3.61. The van der Waals surface area contributed by atoms with Crippen molar-refractivity contribution in [2.45, 2.75) is 65.2 Å². The summed E-state index contributed by atoms with van der Waals surface area (Å²) in [6.07, 6.45) is 5.11. The van der Waals surface area contributed by atoms with Gasteiger partial charge in [-0.05, 0) is 49.9 Å². The SMILES string of the molecule is CCCNC1CC(OCc2cccc(Br)c2)C1(CC)CC. The molecule has 2 atom stereocenters. The highest BCUT2D eigenvalue weighted by Crippen LogP contribution is 2.49. The highest BCUT2D eigenvalue weighted by Gasteiger charge is 2.52. The maximum absolute atomic E-state index is 6.27. The Kier molecular flexibility index (Phi) is 6.27. The molecule has 0 bridgehead atoms. The average molecular weight is 354 g/mol. The van der Waals surface area contributed by atoms with Crippen LogP contribution in [0, 0.1) is 5.41 Å². The smallest absolute Gasteiger partial charge is 0.0721 e. The molecular weight excluding hydrogens is 326 g/mol. The Hall–Kier alpha value is -0.380. The summed E-state index contributed by atoms with van der Waals surface area (Å²) in [7, 11) is 0. The molecule has 1 aliphatic carbocycles. The van der Waals surface area contributed by atoms with Crippen LogP contribution in [0.4, 0.5) is 0 Å². The largest absolute Gasteiger partial charge is 0.373 e. The standard InChI is InChI=1S/C18H28BrNO/c1-4-10-20-16-12-17(18(16,5-2)6-3)21-13-14-8-7-9-15(19)11-14/h7-9,11,16-17,20H,4-6,10,12-13H2,1-3H3. The van der Waals surface area contributed by atoms with Crippen molar-refractivity contribution in [3.63, 3.8) is 0 Å². The molecule has 1 N–H and O–H groups in total. The highest BCUT2D eigenvalue weighted by molar-refractivity contribution is 9.10. The summed E-state index contributed by atoms with van der Waals surface area (Å²) < 4.78 is 7.39. The van der Waals surface area contributed by atoms with E-state index in [0.29, 0.717) is 24.2 Å². The van der Waals surface area contributed by atoms with E-state index < -0.39 is 0 Å². The molecule has 1 saturated carbocycles. The number of benzene rings is 1. The molecule has 0 radical (unpaired) electrons. The molecule has 0 aromatic heterocycles. The lowest BCUT2D eigenvalue weighted by molar-refractivity contribution is -0.147. The number of nitrogens with one attached hydrogen (secondary N) is 1. The number of rotatable bonds is 8. The van der Waals surface area contributed by atoms with Gasteiger partial charge in [-0.1, -0.05) is 48.8 Å². The van der Waals surface area contributed by atoms with Crippen molar-refractivity contribution in [3.8, 4) is 0 Å². The van der Waals surface area contributed by atoms with E-state index >= 15 is 0 Å². The van der Waals surface area contributed by atoms with Gasteiger partial charge in [-0.25, -0.2) is 0 Å². The fraction of sp³-hybridized carbons (Fsp3) is 0.667. The van der Waals surface area contributed by atoms with Crippen LogP contribution in [-0.4, -0.2) is 18.7 Å². The molecule has 0 spiro atoms. The van der Waals surface area contributed by atoms with Crippen molar-refractivity contribution in [3.05, 3.63) is 34.3 Å². The van der Waals surface area contributed by atoms with Crippen molar-refractivity contribution in [2.75, 3.05) is 6.54 Å². The Morgan fingerprint density at radius 2 is 2.05 bits per heavy atom. The van der Waals surface area contributed by atoms with E-state index in [9.17, 15) is 0 Å². The topological polar surface area (TPSA) is 21.3 Å². The van der Waals surface area contributed by atoms with Crippen LogP contribution < -0.4 is 5.32 Å². The van der Waals surface area contributed by atoms with Gasteiger partial charge < -0.3 is 10.1 Å². The normalized spacial score (nSPS) is 23.8. The molecule has 1 fully saturated rings. The Bertz CT molecular complexity index is 445. The van der Waals surface area contributed by atoms with Crippen LogP contribution >= 0.6 is 15.9 Å². The predicted molar refractivity (Wildman–Crippen MR) is 92.4 cm³/mol. The maximum atomic E-state index is 6.27. The van der Waals surface area contributed by atoms with E-state index in [4.69, 9.17) is 4.74 Å². The van der Waals surface area contributed by atoms with E-state index in [0.717, 1.165) is 17.4 Å². The molecule has 2 nitrogen and oxygen atoms in total. The van der Waals surface area contributed by atoms with Crippen LogP contribution in [0.3, 0.4) is 0 Å². The van der Waals surface area contributed by atoms with E-state index in [2.05, 4.69) is 66.3 Å². The van der Waals surface area contributed by atoms with Gasteiger partial charge in [0.25, 0.3) is 0 Å². The van der Waals surface area contributed by atoms with Gasteiger partial charge >= 0.3 is 0 Å². The van der Waals surface area contributed by atoms with Crippen molar-refractivity contribution < 1.29 is 4.74 Å². The van der Waals surface area contributed by atoms with Gasteiger partial charge in [-0.15, -0.1) is 0 Å². The van der Waals surface area contributed by atoms with Gasteiger partial charge in [0.2, 0.25) is 0 Å².